The third-order valence-electron chi connectivity index (χ3n) is 11.0. The molecule has 0 atom stereocenters. The molecule has 0 radical (unpaired) electrons. The fraction of sp³-hybridized carbons (Fsp3) is 0.489. The first-order valence-electron chi connectivity index (χ1n) is 23.0. The monoisotopic (exact) mass is 1030 g/mol. The van der Waals surface area contributed by atoms with E-state index in [4.69, 9.17) is 46.9 Å². The highest BCUT2D eigenvalue weighted by atomic mass is 35.5. The van der Waals surface area contributed by atoms with Gasteiger partial charge in [-0.25, -0.2) is 0 Å². The molecular formula is C47H61Cl2N9O11S. The van der Waals surface area contributed by atoms with Crippen molar-refractivity contribution in [2.45, 2.75) is 19.5 Å². The number of piperazine rings is 1. The summed E-state index contributed by atoms with van der Waals surface area (Å²) in [4.78, 5) is 73.4. The Morgan fingerprint density at radius 1 is 0.857 bits per heavy atom. The number of carbonyl (C=O) groups is 5. The summed E-state index contributed by atoms with van der Waals surface area (Å²) in [5.41, 5.74) is 3.80. The van der Waals surface area contributed by atoms with Gasteiger partial charge in [-0.15, -0.1) is 11.3 Å². The summed E-state index contributed by atoms with van der Waals surface area (Å²) in [6.45, 7) is 6.11. The molecule has 0 aliphatic carbocycles. The number of H-pyrrole nitrogens is 1. The van der Waals surface area contributed by atoms with Gasteiger partial charge in [0, 0.05) is 97.7 Å². The van der Waals surface area contributed by atoms with Gasteiger partial charge in [0.1, 0.15) is 19.7 Å². The second-order valence-electron chi connectivity index (χ2n) is 16.4. The molecule has 1 aromatic carbocycles. The van der Waals surface area contributed by atoms with E-state index in [2.05, 4.69) is 20.7 Å². The normalized spacial score (nSPS) is 14.2. The maximum Gasteiger partial charge on any atom is 0.248 e. The van der Waals surface area contributed by atoms with Crippen molar-refractivity contribution in [2.75, 3.05) is 137 Å². The number of nitrogens with zero attached hydrogens (tertiary/aromatic N) is 6. The number of thiophene rings is 1. The van der Waals surface area contributed by atoms with Crippen LogP contribution in [-0.4, -0.2) is 197 Å². The lowest BCUT2D eigenvalue weighted by Gasteiger charge is -2.33. The first-order valence-corrected chi connectivity index (χ1v) is 24.5. The number of hydrogen-bond acceptors (Lipinski definition) is 14. The summed E-state index contributed by atoms with van der Waals surface area (Å²) < 4.78 is 29.2. The number of aromatic amines is 1. The number of benzene rings is 1. The quantitative estimate of drug-likeness (QED) is 0.0476. The molecular weight excluding hydrogens is 970 g/mol. The largest absolute Gasteiger partial charge is 0.387 e. The molecule has 6 rings (SSSR count). The number of fused-ring (bicyclic) bond motifs is 3. The fourth-order valence-electron chi connectivity index (χ4n) is 7.50. The van der Waals surface area contributed by atoms with Crippen LogP contribution in [0.1, 0.15) is 16.1 Å². The van der Waals surface area contributed by atoms with Crippen LogP contribution in [0.2, 0.25) is 10.0 Å². The zero-order valence-corrected chi connectivity index (χ0v) is 41.8. The van der Waals surface area contributed by atoms with Crippen molar-refractivity contribution < 1.29 is 52.8 Å². The Kier molecular flexibility index (Phi) is 21.7. The summed E-state index contributed by atoms with van der Waals surface area (Å²) in [7, 11) is 3.83. The summed E-state index contributed by atoms with van der Waals surface area (Å²) in [6.07, 6.45) is 8.72. The van der Waals surface area contributed by atoms with Crippen LogP contribution in [-0.2, 0) is 67.2 Å². The van der Waals surface area contributed by atoms with Crippen LogP contribution >= 0.6 is 34.5 Å². The number of hydrogen-bond donors (Lipinski definition) is 4. The number of amides is 5. The lowest BCUT2D eigenvalue weighted by atomic mass is 9.99. The minimum atomic E-state index is -0.564. The van der Waals surface area contributed by atoms with Gasteiger partial charge in [-0.05, 0) is 44.4 Å². The number of aliphatic hydroxyl groups excluding tert-OH is 1. The van der Waals surface area contributed by atoms with Crippen molar-refractivity contribution in [3.8, 4) is 11.3 Å². The molecule has 1 saturated heterocycles. The highest BCUT2D eigenvalue weighted by Crippen LogP contribution is 2.42. The summed E-state index contributed by atoms with van der Waals surface area (Å²) in [5, 5.41) is 21.9. The zero-order valence-electron chi connectivity index (χ0n) is 39.4. The average Bonchev–Trinajstić information content (AvgIpc) is 4.11. The molecule has 4 N–H and O–H groups in total. The van der Waals surface area contributed by atoms with Crippen LogP contribution in [0.3, 0.4) is 0 Å². The standard InChI is InChI=1S/C47H61Cl2N9O11S/c1-54(2)13-3-4-41(62)56-16-17-58(42(63)31-56)44-8-6-33(70-44)5-7-39(60)50-11-18-65-20-22-67-24-26-69-27-25-68-23-21-66-19-12-51-40(61)30-57-15-10-38(53-57)34-28-36(48)46(49)47-45(34)35-29-55(43(64)32-59)14-9-37(35)52-47/h3-8,10,15,28,52,59H,9,11-14,16-27,29-32H2,1-2H3,(H,50,60)(H,51,61)/b4-3?,7-5+. The van der Waals surface area contributed by atoms with Gasteiger partial charge >= 0.3 is 0 Å². The minimum absolute atomic E-state index is 0.00770. The van der Waals surface area contributed by atoms with E-state index in [1.54, 1.807) is 45.2 Å². The van der Waals surface area contributed by atoms with E-state index in [-0.39, 0.29) is 42.6 Å². The Labute approximate surface area is 420 Å². The Morgan fingerprint density at radius 2 is 1.53 bits per heavy atom. The molecule has 380 valence electrons. The number of nitrogens with one attached hydrogen (secondary N) is 3. The molecule has 1 fully saturated rings. The highest BCUT2D eigenvalue weighted by Gasteiger charge is 2.29. The molecule has 23 heteroatoms. The topological polar surface area (TPSA) is 222 Å². The van der Waals surface area contributed by atoms with E-state index >= 15 is 0 Å². The number of likely N-dealkylation sites (N-methyl/N-ethyl adjacent to an activating group) is 1. The molecule has 0 spiro atoms. The summed E-state index contributed by atoms with van der Waals surface area (Å²) >= 11 is 14.5. The van der Waals surface area contributed by atoms with Crippen molar-refractivity contribution >= 4 is 86.1 Å². The van der Waals surface area contributed by atoms with E-state index in [0.717, 1.165) is 26.5 Å². The number of carbonyl (C=O) groups excluding carboxylic acids is 5. The van der Waals surface area contributed by atoms with Gasteiger partial charge in [0.2, 0.25) is 29.5 Å². The Bertz CT molecular complexity index is 2460. The van der Waals surface area contributed by atoms with Crippen LogP contribution in [0, 0.1) is 0 Å². The predicted molar refractivity (Wildman–Crippen MR) is 266 cm³/mol. The molecule has 20 nitrogen and oxygen atoms in total. The van der Waals surface area contributed by atoms with Crippen LogP contribution in [0.25, 0.3) is 28.2 Å². The first-order chi connectivity index (χ1) is 33.9. The van der Waals surface area contributed by atoms with Gasteiger partial charge in [-0.2, -0.15) is 5.10 Å². The van der Waals surface area contributed by atoms with E-state index < -0.39 is 6.61 Å². The minimum Gasteiger partial charge on any atom is -0.387 e. The van der Waals surface area contributed by atoms with Crippen molar-refractivity contribution in [3.05, 3.63) is 74.9 Å². The molecule has 3 aromatic heterocycles. The third kappa shape index (κ3) is 16.2. The molecule has 0 unspecified atom stereocenters. The average molecular weight is 1030 g/mol. The molecule has 70 heavy (non-hydrogen) atoms. The zero-order chi connectivity index (χ0) is 49.8. The SMILES string of the molecule is CN(C)CC=CC(=O)N1CCN(c2ccc(/C=C/C(=O)NCCOCCOCCOCCOCCOCCNC(=O)Cn3ccc(-c4cc(Cl)c(Cl)c5[nH]c6c(c45)CN(C(=O)CO)CC6)n3)s2)C(=O)C1. The van der Waals surface area contributed by atoms with Gasteiger partial charge in [0.15, 0.2) is 0 Å². The maximum absolute atomic E-state index is 12.8. The number of aliphatic hydroxyl groups is 1. The fourth-order valence-corrected chi connectivity index (χ4v) is 8.85. The Morgan fingerprint density at radius 3 is 2.19 bits per heavy atom. The van der Waals surface area contributed by atoms with Gasteiger partial charge in [-0.1, -0.05) is 29.3 Å². The molecule has 5 amide bonds. The van der Waals surface area contributed by atoms with Gasteiger partial charge in [0.05, 0.1) is 92.3 Å². The Balaban J connectivity index is 0.725. The highest BCUT2D eigenvalue weighted by molar-refractivity contribution is 7.17. The first kappa shape index (κ1) is 54.1. The Hall–Kier alpha value is -5.20. The van der Waals surface area contributed by atoms with Crippen LogP contribution in [0.15, 0.2) is 48.7 Å². The molecule has 4 aromatic rings. The van der Waals surface area contributed by atoms with Gasteiger partial charge in [0.25, 0.3) is 0 Å². The predicted octanol–water partition coefficient (Wildman–Crippen LogP) is 2.60. The lowest BCUT2D eigenvalue weighted by molar-refractivity contribution is -0.135. The number of aromatic nitrogens is 3. The van der Waals surface area contributed by atoms with Crippen LogP contribution < -0.4 is 15.5 Å². The summed E-state index contributed by atoms with van der Waals surface area (Å²) in [5.74, 6) is -1.16. The molecule has 0 saturated carbocycles. The van der Waals surface area contributed by atoms with E-state index in [1.165, 1.54) is 28.2 Å². The van der Waals surface area contributed by atoms with Crippen LogP contribution in [0.5, 0.6) is 0 Å². The van der Waals surface area contributed by atoms with E-state index in [0.29, 0.717) is 145 Å². The number of anilines is 1. The number of rotatable bonds is 28. The second kappa shape index (κ2) is 28.0. The van der Waals surface area contributed by atoms with Crippen molar-refractivity contribution in [2.24, 2.45) is 0 Å². The van der Waals surface area contributed by atoms with E-state index in [9.17, 15) is 29.1 Å². The number of ether oxygens (including phenoxy) is 5. The molecule has 2 aliphatic rings. The number of halogens is 2. The van der Waals surface area contributed by atoms with Crippen molar-refractivity contribution in [1.82, 2.24) is 40.1 Å². The lowest BCUT2D eigenvalue weighted by Crippen LogP contribution is -2.51. The van der Waals surface area contributed by atoms with Gasteiger partial charge < -0.3 is 64.0 Å². The maximum atomic E-state index is 12.8. The molecule has 0 bridgehead atoms. The summed E-state index contributed by atoms with van der Waals surface area (Å²) in [6, 6.07) is 7.22. The van der Waals surface area contributed by atoms with Crippen LogP contribution in [0.4, 0.5) is 5.00 Å². The van der Waals surface area contributed by atoms with Gasteiger partial charge in [-0.3, -0.25) is 28.7 Å². The van der Waals surface area contributed by atoms with E-state index in [1.807, 2.05) is 31.1 Å². The smallest absolute Gasteiger partial charge is 0.248 e. The van der Waals surface area contributed by atoms with Crippen molar-refractivity contribution in [3.63, 3.8) is 0 Å². The van der Waals surface area contributed by atoms with Crippen molar-refractivity contribution in [1.29, 1.82) is 0 Å². The molecule has 5 heterocycles. The molecule has 2 aliphatic heterocycles. The second-order valence-corrected chi connectivity index (χ2v) is 18.2. The third-order valence-corrected chi connectivity index (χ3v) is 12.9.